The molecule has 1 amide bonds. The molecule has 2 aromatic heterocycles. The Labute approximate surface area is 160 Å². The first-order chi connectivity index (χ1) is 13.2. The molecule has 7 heteroatoms. The molecule has 0 atom stereocenters. The summed E-state index contributed by atoms with van der Waals surface area (Å²) in [5.41, 5.74) is 3.25. The lowest BCUT2D eigenvalue weighted by molar-refractivity contribution is 0.0946. The van der Waals surface area contributed by atoms with Crippen LogP contribution < -0.4 is 5.32 Å². The molecule has 134 valence electrons. The molecule has 0 saturated carbocycles. The van der Waals surface area contributed by atoms with E-state index in [1.54, 1.807) is 12.4 Å². The van der Waals surface area contributed by atoms with Gasteiger partial charge in [-0.05, 0) is 35.4 Å². The van der Waals surface area contributed by atoms with Gasteiger partial charge in [-0.15, -0.1) is 0 Å². The van der Waals surface area contributed by atoms with Gasteiger partial charge < -0.3 is 5.32 Å². The van der Waals surface area contributed by atoms with Crippen LogP contribution in [-0.2, 0) is 13.1 Å². The van der Waals surface area contributed by atoms with Crippen molar-refractivity contribution < 1.29 is 4.79 Å². The molecule has 6 nitrogen and oxygen atoms in total. The first-order valence-electron chi connectivity index (χ1n) is 8.44. The predicted molar refractivity (Wildman–Crippen MR) is 103 cm³/mol. The number of nitrogens with one attached hydrogen (secondary N) is 1. The van der Waals surface area contributed by atoms with Gasteiger partial charge in [-0.1, -0.05) is 41.9 Å². The lowest BCUT2D eigenvalue weighted by Gasteiger charge is -2.04. The number of aromatic nitrogens is 4. The van der Waals surface area contributed by atoms with Gasteiger partial charge in [-0.3, -0.25) is 9.48 Å². The Bertz CT molecular complexity index is 1080. The minimum Gasteiger partial charge on any atom is -0.346 e. The highest BCUT2D eigenvalue weighted by atomic mass is 35.5. The Balaban J connectivity index is 1.61. The molecule has 4 rings (SSSR count). The first kappa shape index (κ1) is 17.2. The molecule has 0 unspecified atom stereocenters. The minimum absolute atomic E-state index is 0.224. The molecule has 2 aromatic carbocycles. The number of hydrogen-bond donors (Lipinski definition) is 1. The van der Waals surface area contributed by atoms with E-state index in [-0.39, 0.29) is 5.91 Å². The molecular formula is C20H16ClN5O. The summed E-state index contributed by atoms with van der Waals surface area (Å²) in [7, 11) is 0. The van der Waals surface area contributed by atoms with Crippen LogP contribution in [0.25, 0.3) is 10.9 Å². The summed E-state index contributed by atoms with van der Waals surface area (Å²) in [6, 6.07) is 17.1. The molecule has 0 bridgehead atoms. The highest BCUT2D eigenvalue weighted by molar-refractivity contribution is 6.30. The highest BCUT2D eigenvalue weighted by Crippen LogP contribution is 2.20. The fourth-order valence-electron chi connectivity index (χ4n) is 2.87. The van der Waals surface area contributed by atoms with Crippen LogP contribution in [0.4, 0.5) is 0 Å². The second-order valence-electron chi connectivity index (χ2n) is 6.08. The number of halogens is 1. The third-order valence-corrected chi connectivity index (χ3v) is 4.47. The Kier molecular flexibility index (Phi) is 4.80. The first-order valence-corrected chi connectivity index (χ1v) is 8.82. The largest absolute Gasteiger partial charge is 0.346 e. The molecule has 0 saturated heterocycles. The van der Waals surface area contributed by atoms with Gasteiger partial charge >= 0.3 is 0 Å². The third kappa shape index (κ3) is 3.80. The van der Waals surface area contributed by atoms with E-state index in [0.717, 1.165) is 22.0 Å². The second-order valence-corrected chi connectivity index (χ2v) is 6.52. The molecule has 1 N–H and O–H groups in total. The van der Waals surface area contributed by atoms with Crippen molar-refractivity contribution >= 4 is 28.4 Å². The Morgan fingerprint density at radius 1 is 1.00 bits per heavy atom. The number of rotatable bonds is 5. The normalized spacial score (nSPS) is 10.9. The van der Waals surface area contributed by atoms with Gasteiger partial charge in [0.05, 0.1) is 18.3 Å². The van der Waals surface area contributed by atoms with E-state index >= 15 is 0 Å². The van der Waals surface area contributed by atoms with Gasteiger partial charge in [0.2, 0.25) is 0 Å². The van der Waals surface area contributed by atoms with E-state index in [2.05, 4.69) is 20.6 Å². The van der Waals surface area contributed by atoms with Crippen LogP contribution in [0, 0.1) is 0 Å². The van der Waals surface area contributed by atoms with Gasteiger partial charge in [0, 0.05) is 23.2 Å². The van der Waals surface area contributed by atoms with E-state index in [4.69, 9.17) is 11.6 Å². The van der Waals surface area contributed by atoms with Crippen molar-refractivity contribution in [2.45, 2.75) is 13.1 Å². The third-order valence-electron chi connectivity index (χ3n) is 4.22. The van der Waals surface area contributed by atoms with Crippen LogP contribution >= 0.6 is 11.6 Å². The number of carbonyl (C=O) groups is 1. The number of fused-ring (bicyclic) bond motifs is 1. The maximum Gasteiger partial charge on any atom is 0.272 e. The molecule has 0 fully saturated rings. The van der Waals surface area contributed by atoms with Crippen molar-refractivity contribution in [1.82, 2.24) is 25.3 Å². The van der Waals surface area contributed by atoms with Gasteiger partial charge in [-0.2, -0.15) is 15.3 Å². The molecule has 0 spiro atoms. The maximum absolute atomic E-state index is 12.7. The average molecular weight is 378 g/mol. The van der Waals surface area contributed by atoms with Crippen molar-refractivity contribution in [3.63, 3.8) is 0 Å². The molecule has 0 aliphatic rings. The molecule has 4 aromatic rings. The molecule has 0 radical (unpaired) electrons. The van der Waals surface area contributed by atoms with Crippen molar-refractivity contribution in [2.24, 2.45) is 0 Å². The molecule has 0 aliphatic heterocycles. The van der Waals surface area contributed by atoms with Crippen molar-refractivity contribution in [3.05, 3.63) is 88.8 Å². The van der Waals surface area contributed by atoms with E-state index in [1.165, 1.54) is 0 Å². The minimum atomic E-state index is -0.224. The van der Waals surface area contributed by atoms with Crippen LogP contribution in [0.3, 0.4) is 0 Å². The van der Waals surface area contributed by atoms with E-state index in [1.807, 2.05) is 59.3 Å². The van der Waals surface area contributed by atoms with Crippen LogP contribution in [0.5, 0.6) is 0 Å². The molecule has 27 heavy (non-hydrogen) atoms. The highest BCUT2D eigenvalue weighted by Gasteiger charge is 2.17. The van der Waals surface area contributed by atoms with Crippen molar-refractivity contribution in [2.75, 3.05) is 0 Å². The zero-order valence-electron chi connectivity index (χ0n) is 14.3. The Morgan fingerprint density at radius 3 is 2.59 bits per heavy atom. The maximum atomic E-state index is 12.7. The van der Waals surface area contributed by atoms with Crippen LogP contribution in [-0.4, -0.2) is 25.9 Å². The molecule has 2 heterocycles. The topological polar surface area (TPSA) is 72.7 Å². The zero-order valence-corrected chi connectivity index (χ0v) is 15.1. The van der Waals surface area contributed by atoms with E-state index < -0.39 is 0 Å². The molecule has 0 aliphatic carbocycles. The van der Waals surface area contributed by atoms with Crippen LogP contribution in [0.15, 0.2) is 67.0 Å². The summed E-state index contributed by atoms with van der Waals surface area (Å²) < 4.78 is 1.83. The van der Waals surface area contributed by atoms with Crippen molar-refractivity contribution in [1.29, 1.82) is 0 Å². The number of nitrogens with zero attached hydrogens (tertiary/aromatic N) is 4. The standard InChI is InChI=1S/C20H16ClN5O/c21-16-7-5-14(6-8-16)13-26-18-4-2-1-3-17(18)19(25-26)20(27)22-11-15-9-10-23-24-12-15/h1-10,12H,11,13H2,(H,22,27). The lowest BCUT2D eigenvalue weighted by atomic mass is 10.2. The second kappa shape index (κ2) is 7.55. The number of benzene rings is 2. The molecular weight excluding hydrogens is 362 g/mol. The number of para-hydroxylation sites is 1. The summed E-state index contributed by atoms with van der Waals surface area (Å²) in [4.78, 5) is 12.7. The Morgan fingerprint density at radius 2 is 1.81 bits per heavy atom. The number of carbonyl (C=O) groups excluding carboxylic acids is 1. The van der Waals surface area contributed by atoms with Gasteiger partial charge in [0.1, 0.15) is 0 Å². The van der Waals surface area contributed by atoms with Crippen LogP contribution in [0.2, 0.25) is 5.02 Å². The number of hydrogen-bond acceptors (Lipinski definition) is 4. The lowest BCUT2D eigenvalue weighted by Crippen LogP contribution is -2.23. The summed E-state index contributed by atoms with van der Waals surface area (Å²) >= 11 is 5.96. The number of amides is 1. The average Bonchev–Trinajstić information content (AvgIpc) is 3.07. The van der Waals surface area contributed by atoms with E-state index in [9.17, 15) is 4.79 Å². The smallest absolute Gasteiger partial charge is 0.272 e. The SMILES string of the molecule is O=C(NCc1ccnnc1)c1nn(Cc2ccc(Cl)cc2)c2ccccc12. The zero-order chi connectivity index (χ0) is 18.6. The van der Waals surface area contributed by atoms with E-state index in [0.29, 0.717) is 23.8 Å². The Hall–Kier alpha value is -3.25. The van der Waals surface area contributed by atoms with Gasteiger partial charge in [-0.25, -0.2) is 0 Å². The fraction of sp³-hybridized carbons (Fsp3) is 0.100. The summed E-state index contributed by atoms with van der Waals surface area (Å²) in [6.45, 7) is 0.923. The van der Waals surface area contributed by atoms with Gasteiger partial charge in [0.25, 0.3) is 5.91 Å². The van der Waals surface area contributed by atoms with Gasteiger partial charge in [0.15, 0.2) is 5.69 Å². The fourth-order valence-corrected chi connectivity index (χ4v) is 2.99. The summed E-state index contributed by atoms with van der Waals surface area (Å²) in [6.07, 6.45) is 3.22. The summed E-state index contributed by atoms with van der Waals surface area (Å²) in [5, 5.41) is 16.5. The quantitative estimate of drug-likeness (QED) is 0.578. The predicted octanol–water partition coefficient (Wildman–Crippen LogP) is 3.46. The van der Waals surface area contributed by atoms with Crippen molar-refractivity contribution in [3.8, 4) is 0 Å². The summed E-state index contributed by atoms with van der Waals surface area (Å²) in [5.74, 6) is -0.224. The van der Waals surface area contributed by atoms with Crippen LogP contribution in [0.1, 0.15) is 21.6 Å². The monoisotopic (exact) mass is 377 g/mol.